The Bertz CT molecular complexity index is 933. The zero-order valence-corrected chi connectivity index (χ0v) is 15.4. The van der Waals surface area contributed by atoms with Crippen LogP contribution in [0.2, 0.25) is 0 Å². The minimum absolute atomic E-state index is 0.0287. The van der Waals surface area contributed by atoms with Crippen LogP contribution in [0.5, 0.6) is 0 Å². The van der Waals surface area contributed by atoms with Gasteiger partial charge in [-0.25, -0.2) is 8.42 Å². The Hall–Kier alpha value is -2.30. The first kappa shape index (κ1) is 18.5. The standard InChI is InChI=1S/C16H17N3O5S2/c20-16(13-5-1-2-6-14(13)19(21)22)17-11-12-7-8-15(25-12)26(23,24)18-9-3-4-10-18/h1-2,5-8H,3-4,9-11H2,(H,17,20). The average molecular weight is 395 g/mol. The highest BCUT2D eigenvalue weighted by molar-refractivity contribution is 7.91. The van der Waals surface area contributed by atoms with Crippen LogP contribution in [0.4, 0.5) is 5.69 Å². The van der Waals surface area contributed by atoms with Crippen molar-refractivity contribution < 1.29 is 18.1 Å². The van der Waals surface area contributed by atoms with E-state index in [9.17, 15) is 23.3 Å². The van der Waals surface area contributed by atoms with Crippen LogP contribution in [-0.2, 0) is 16.6 Å². The summed E-state index contributed by atoms with van der Waals surface area (Å²) in [6, 6.07) is 8.86. The molecule has 1 aliphatic heterocycles. The molecule has 1 aromatic heterocycles. The van der Waals surface area contributed by atoms with E-state index in [2.05, 4.69) is 5.32 Å². The number of nitro groups is 1. The summed E-state index contributed by atoms with van der Waals surface area (Å²) in [4.78, 5) is 23.3. The third-order valence-corrected chi connectivity index (χ3v) is 7.52. The second-order valence-electron chi connectivity index (χ2n) is 5.79. The van der Waals surface area contributed by atoms with E-state index >= 15 is 0 Å². The molecule has 0 unspecified atom stereocenters. The number of carbonyl (C=O) groups is 1. The Morgan fingerprint density at radius 3 is 2.58 bits per heavy atom. The van der Waals surface area contributed by atoms with Crippen molar-refractivity contribution in [3.05, 3.63) is 57.0 Å². The lowest BCUT2D eigenvalue weighted by Crippen LogP contribution is -2.27. The molecule has 0 radical (unpaired) electrons. The number of hydrogen-bond acceptors (Lipinski definition) is 6. The van der Waals surface area contributed by atoms with Crippen molar-refractivity contribution in [3.63, 3.8) is 0 Å². The van der Waals surface area contributed by atoms with Gasteiger partial charge in [0.1, 0.15) is 9.77 Å². The molecule has 1 saturated heterocycles. The van der Waals surface area contributed by atoms with Gasteiger partial charge in [0, 0.05) is 24.0 Å². The van der Waals surface area contributed by atoms with Gasteiger partial charge in [-0.15, -0.1) is 11.3 Å². The molecule has 2 heterocycles. The minimum atomic E-state index is -3.48. The Balaban J connectivity index is 1.69. The quantitative estimate of drug-likeness (QED) is 0.596. The van der Waals surface area contributed by atoms with Gasteiger partial charge in [-0.1, -0.05) is 12.1 Å². The lowest BCUT2D eigenvalue weighted by molar-refractivity contribution is -0.385. The molecule has 8 nitrogen and oxygen atoms in total. The molecule has 1 amide bonds. The van der Waals surface area contributed by atoms with Crippen molar-refractivity contribution in [1.29, 1.82) is 0 Å². The van der Waals surface area contributed by atoms with E-state index in [1.54, 1.807) is 12.1 Å². The zero-order chi connectivity index (χ0) is 18.7. The first-order valence-electron chi connectivity index (χ1n) is 8.00. The van der Waals surface area contributed by atoms with Crippen LogP contribution < -0.4 is 5.32 Å². The van der Waals surface area contributed by atoms with E-state index in [1.165, 1.54) is 28.6 Å². The van der Waals surface area contributed by atoms with Crippen molar-refractivity contribution in [2.75, 3.05) is 13.1 Å². The van der Waals surface area contributed by atoms with Crippen molar-refractivity contribution in [3.8, 4) is 0 Å². The smallest absolute Gasteiger partial charge is 0.282 e. The molecule has 1 aromatic carbocycles. The predicted molar refractivity (Wildman–Crippen MR) is 96.6 cm³/mol. The molecule has 0 bridgehead atoms. The summed E-state index contributed by atoms with van der Waals surface area (Å²) in [5.74, 6) is -0.574. The molecule has 2 aromatic rings. The molecule has 0 aliphatic carbocycles. The average Bonchev–Trinajstić information content (AvgIpc) is 3.31. The topological polar surface area (TPSA) is 110 Å². The van der Waals surface area contributed by atoms with Crippen molar-refractivity contribution >= 4 is 33.0 Å². The number of para-hydroxylation sites is 1. The van der Waals surface area contributed by atoms with Gasteiger partial charge in [0.2, 0.25) is 0 Å². The summed E-state index contributed by atoms with van der Waals surface area (Å²) in [6.45, 7) is 1.17. The number of nitrogens with one attached hydrogen (secondary N) is 1. The highest BCUT2D eigenvalue weighted by Gasteiger charge is 2.28. The van der Waals surface area contributed by atoms with E-state index in [0.717, 1.165) is 24.2 Å². The summed E-state index contributed by atoms with van der Waals surface area (Å²) < 4.78 is 26.7. The number of carbonyl (C=O) groups excluding carboxylic acids is 1. The minimum Gasteiger partial charge on any atom is -0.347 e. The monoisotopic (exact) mass is 395 g/mol. The number of nitro benzene ring substituents is 1. The molecule has 0 saturated carbocycles. The molecule has 0 spiro atoms. The van der Waals surface area contributed by atoms with E-state index in [0.29, 0.717) is 18.0 Å². The van der Waals surface area contributed by atoms with E-state index in [4.69, 9.17) is 0 Å². The van der Waals surface area contributed by atoms with Crippen LogP contribution in [0.3, 0.4) is 0 Å². The van der Waals surface area contributed by atoms with Crippen LogP contribution in [0, 0.1) is 10.1 Å². The lowest BCUT2D eigenvalue weighted by atomic mass is 10.1. The Morgan fingerprint density at radius 2 is 1.88 bits per heavy atom. The van der Waals surface area contributed by atoms with E-state index in [1.807, 2.05) is 0 Å². The normalized spacial score (nSPS) is 15.1. The van der Waals surface area contributed by atoms with Gasteiger partial charge in [-0.3, -0.25) is 14.9 Å². The van der Waals surface area contributed by atoms with Crippen LogP contribution >= 0.6 is 11.3 Å². The van der Waals surface area contributed by atoms with Crippen LogP contribution in [0.1, 0.15) is 28.1 Å². The number of benzene rings is 1. The van der Waals surface area contributed by atoms with Gasteiger partial charge in [-0.2, -0.15) is 4.31 Å². The van der Waals surface area contributed by atoms with Crippen molar-refractivity contribution in [1.82, 2.24) is 9.62 Å². The van der Waals surface area contributed by atoms with Gasteiger partial charge in [0.15, 0.2) is 0 Å². The van der Waals surface area contributed by atoms with Crippen LogP contribution in [-0.4, -0.2) is 36.6 Å². The second kappa shape index (κ2) is 7.52. The molecule has 3 rings (SSSR count). The molecule has 1 fully saturated rings. The number of thiophene rings is 1. The number of hydrogen-bond donors (Lipinski definition) is 1. The molecule has 1 N–H and O–H groups in total. The van der Waals surface area contributed by atoms with Gasteiger partial charge in [-0.05, 0) is 31.0 Å². The molecule has 0 atom stereocenters. The molecule has 138 valence electrons. The van der Waals surface area contributed by atoms with Gasteiger partial charge in [0.05, 0.1) is 11.5 Å². The molecular weight excluding hydrogens is 378 g/mol. The van der Waals surface area contributed by atoms with Crippen molar-refractivity contribution in [2.24, 2.45) is 0 Å². The van der Waals surface area contributed by atoms with E-state index < -0.39 is 20.9 Å². The summed E-state index contributed by atoms with van der Waals surface area (Å²) in [7, 11) is -3.48. The van der Waals surface area contributed by atoms with Crippen molar-refractivity contribution in [2.45, 2.75) is 23.6 Å². The van der Waals surface area contributed by atoms with Gasteiger partial charge < -0.3 is 5.32 Å². The maximum absolute atomic E-state index is 12.5. The summed E-state index contributed by atoms with van der Waals surface area (Å²) in [5.41, 5.74) is -0.299. The first-order valence-corrected chi connectivity index (χ1v) is 10.3. The fourth-order valence-electron chi connectivity index (χ4n) is 2.74. The molecule has 1 aliphatic rings. The van der Waals surface area contributed by atoms with Crippen LogP contribution in [0.15, 0.2) is 40.6 Å². The highest BCUT2D eigenvalue weighted by atomic mass is 32.2. The lowest BCUT2D eigenvalue weighted by Gasteiger charge is -2.13. The third-order valence-electron chi connectivity index (χ3n) is 4.06. The fraction of sp³-hybridized carbons (Fsp3) is 0.312. The SMILES string of the molecule is O=C(NCc1ccc(S(=O)(=O)N2CCCC2)s1)c1ccccc1[N+](=O)[O-]. The van der Waals surface area contributed by atoms with Gasteiger partial charge >= 0.3 is 0 Å². The van der Waals surface area contributed by atoms with Crippen LogP contribution in [0.25, 0.3) is 0 Å². The number of rotatable bonds is 6. The Kier molecular flexibility index (Phi) is 5.35. The highest BCUT2D eigenvalue weighted by Crippen LogP contribution is 2.27. The van der Waals surface area contributed by atoms with Gasteiger partial charge in [0.25, 0.3) is 21.6 Å². The maximum Gasteiger partial charge on any atom is 0.282 e. The summed E-state index contributed by atoms with van der Waals surface area (Å²) in [6.07, 6.45) is 1.73. The molecule has 10 heteroatoms. The number of amides is 1. The second-order valence-corrected chi connectivity index (χ2v) is 9.12. The van der Waals surface area contributed by atoms with E-state index in [-0.39, 0.29) is 22.0 Å². The maximum atomic E-state index is 12.5. The summed E-state index contributed by atoms with van der Waals surface area (Å²) >= 11 is 1.10. The molecule has 26 heavy (non-hydrogen) atoms. The first-order chi connectivity index (χ1) is 12.4. The summed E-state index contributed by atoms with van der Waals surface area (Å²) in [5, 5.41) is 13.6. The Morgan fingerprint density at radius 1 is 1.19 bits per heavy atom. The molecular formula is C16H17N3O5S2. The third kappa shape index (κ3) is 3.76. The fourth-order valence-corrected chi connectivity index (χ4v) is 5.70. The number of sulfonamides is 1. The largest absolute Gasteiger partial charge is 0.347 e. The number of nitrogens with zero attached hydrogens (tertiary/aromatic N) is 2. The zero-order valence-electron chi connectivity index (χ0n) is 13.8. The predicted octanol–water partition coefficient (Wildman–Crippen LogP) is 2.37. The Labute approximate surface area is 154 Å².